The van der Waals surface area contributed by atoms with Gasteiger partial charge in [-0.15, -0.1) is 0 Å². The van der Waals surface area contributed by atoms with Gasteiger partial charge in [0.2, 0.25) is 0 Å². The number of hydrogen-bond donors (Lipinski definition) is 1. The van der Waals surface area contributed by atoms with E-state index in [0.29, 0.717) is 17.5 Å². The molecule has 2 rings (SSSR count). The van der Waals surface area contributed by atoms with Gasteiger partial charge < -0.3 is 10.1 Å². The van der Waals surface area contributed by atoms with Crippen LogP contribution in [0.1, 0.15) is 19.0 Å². The Morgan fingerprint density at radius 2 is 2.10 bits per heavy atom. The van der Waals surface area contributed by atoms with Crippen LogP contribution >= 0.6 is 27.5 Å². The topological polar surface area (TPSA) is 47.0 Å². The lowest BCUT2D eigenvalue weighted by Gasteiger charge is -2.10. The zero-order valence-electron chi connectivity index (χ0n) is 12.0. The second-order valence-corrected chi connectivity index (χ2v) is 5.82. The molecule has 21 heavy (non-hydrogen) atoms. The van der Waals surface area contributed by atoms with Gasteiger partial charge in [-0.05, 0) is 40.5 Å². The van der Waals surface area contributed by atoms with E-state index >= 15 is 0 Å². The van der Waals surface area contributed by atoms with Gasteiger partial charge in [0.25, 0.3) is 0 Å². The molecule has 0 aliphatic heterocycles. The van der Waals surface area contributed by atoms with E-state index in [0.717, 1.165) is 34.5 Å². The maximum absolute atomic E-state index is 6.15. The maximum Gasteiger partial charge on any atom is 0.161 e. The molecule has 4 nitrogen and oxygen atoms in total. The molecule has 0 spiro atoms. The maximum atomic E-state index is 6.15. The Balaban J connectivity index is 2.40. The number of aromatic nitrogens is 2. The number of ether oxygens (including phenoxy) is 1. The molecule has 0 saturated carbocycles. The van der Waals surface area contributed by atoms with Gasteiger partial charge in [0.1, 0.15) is 5.82 Å². The summed E-state index contributed by atoms with van der Waals surface area (Å²) in [5, 5.41) is 3.92. The van der Waals surface area contributed by atoms with Crippen molar-refractivity contribution in [3.63, 3.8) is 0 Å². The normalized spacial score (nSPS) is 10.7. The van der Waals surface area contributed by atoms with Gasteiger partial charge >= 0.3 is 0 Å². The van der Waals surface area contributed by atoms with Crippen LogP contribution in [0.25, 0.3) is 11.4 Å². The van der Waals surface area contributed by atoms with Crippen LogP contribution in [0.15, 0.2) is 28.7 Å². The molecule has 0 bridgehead atoms. The third-order valence-electron chi connectivity index (χ3n) is 2.81. The number of nitrogens with one attached hydrogen (secondary N) is 1. The highest BCUT2D eigenvalue weighted by atomic mass is 79.9. The molecule has 0 unspecified atom stereocenters. The molecule has 0 atom stereocenters. The molecule has 0 aliphatic rings. The Kier molecular flexibility index (Phi) is 5.96. The first-order chi connectivity index (χ1) is 10.1. The highest BCUT2D eigenvalue weighted by molar-refractivity contribution is 9.10. The number of hydrogen-bond acceptors (Lipinski definition) is 4. The van der Waals surface area contributed by atoms with Crippen molar-refractivity contribution in [2.75, 3.05) is 19.0 Å². The van der Waals surface area contributed by atoms with E-state index in [2.05, 4.69) is 38.1 Å². The van der Waals surface area contributed by atoms with Crippen molar-refractivity contribution in [1.29, 1.82) is 0 Å². The lowest BCUT2D eigenvalue weighted by Crippen LogP contribution is -2.06. The van der Waals surface area contributed by atoms with Gasteiger partial charge in [-0.2, -0.15) is 0 Å². The van der Waals surface area contributed by atoms with E-state index in [4.69, 9.17) is 16.3 Å². The first-order valence-electron chi connectivity index (χ1n) is 6.70. The summed E-state index contributed by atoms with van der Waals surface area (Å²) in [4.78, 5) is 9.06. The summed E-state index contributed by atoms with van der Waals surface area (Å²) in [7, 11) is 1.65. The van der Waals surface area contributed by atoms with Crippen LogP contribution in [0.2, 0.25) is 5.02 Å². The van der Waals surface area contributed by atoms with Crippen LogP contribution in [0, 0.1) is 0 Å². The van der Waals surface area contributed by atoms with Gasteiger partial charge in [-0.25, -0.2) is 9.97 Å². The smallest absolute Gasteiger partial charge is 0.161 e. The summed E-state index contributed by atoms with van der Waals surface area (Å²) in [6, 6.07) is 7.58. The quantitative estimate of drug-likeness (QED) is 0.811. The Labute approximate surface area is 138 Å². The lowest BCUT2D eigenvalue weighted by atomic mass is 10.2. The van der Waals surface area contributed by atoms with Crippen LogP contribution in [0.3, 0.4) is 0 Å². The molecule has 0 aliphatic carbocycles. The average molecular weight is 371 g/mol. The monoisotopic (exact) mass is 369 g/mol. The van der Waals surface area contributed by atoms with Crippen molar-refractivity contribution in [3.8, 4) is 11.4 Å². The average Bonchev–Trinajstić information content (AvgIpc) is 2.48. The van der Waals surface area contributed by atoms with Crippen molar-refractivity contribution in [2.45, 2.75) is 20.0 Å². The largest absolute Gasteiger partial charge is 0.378 e. The minimum atomic E-state index is 0.445. The standard InChI is InChI=1S/C15H17BrClN3O/c1-3-6-18-14-8-11(9-21-2)19-15(20-14)10-4-5-12(16)13(17)7-10/h4-5,7-8H,3,6,9H2,1-2H3,(H,18,19,20). The van der Waals surface area contributed by atoms with E-state index in [1.807, 2.05) is 24.3 Å². The van der Waals surface area contributed by atoms with Gasteiger partial charge in [0.05, 0.1) is 17.3 Å². The number of benzene rings is 1. The second kappa shape index (κ2) is 7.73. The molecule has 1 aromatic carbocycles. The molecule has 0 saturated heterocycles. The van der Waals surface area contributed by atoms with Crippen molar-refractivity contribution in [3.05, 3.63) is 39.5 Å². The minimum Gasteiger partial charge on any atom is -0.378 e. The number of rotatable bonds is 6. The van der Waals surface area contributed by atoms with E-state index < -0.39 is 0 Å². The van der Waals surface area contributed by atoms with E-state index in [-0.39, 0.29) is 0 Å². The van der Waals surface area contributed by atoms with Crippen LogP contribution in [-0.2, 0) is 11.3 Å². The van der Waals surface area contributed by atoms with Crippen LogP contribution < -0.4 is 5.32 Å². The molecular formula is C15H17BrClN3O. The van der Waals surface area contributed by atoms with E-state index in [1.54, 1.807) is 7.11 Å². The fourth-order valence-electron chi connectivity index (χ4n) is 1.83. The van der Waals surface area contributed by atoms with Crippen molar-refractivity contribution in [2.24, 2.45) is 0 Å². The number of anilines is 1. The second-order valence-electron chi connectivity index (χ2n) is 4.56. The van der Waals surface area contributed by atoms with Crippen LogP contribution in [0.4, 0.5) is 5.82 Å². The third-order valence-corrected chi connectivity index (χ3v) is 4.04. The summed E-state index contributed by atoms with van der Waals surface area (Å²) in [6.45, 7) is 3.42. The SMILES string of the molecule is CCCNc1cc(COC)nc(-c2ccc(Br)c(Cl)c2)n1. The summed E-state index contributed by atoms with van der Waals surface area (Å²) in [5.74, 6) is 1.44. The predicted octanol–water partition coefficient (Wildman–Crippen LogP) is 4.53. The number of methoxy groups -OCH3 is 1. The molecule has 0 amide bonds. The summed E-state index contributed by atoms with van der Waals surface area (Å²) in [6.07, 6.45) is 1.03. The van der Waals surface area contributed by atoms with Gasteiger partial charge in [0.15, 0.2) is 5.82 Å². The molecule has 112 valence electrons. The summed E-state index contributed by atoms with van der Waals surface area (Å²) in [5.41, 5.74) is 1.71. The Morgan fingerprint density at radius 3 is 2.76 bits per heavy atom. The fourth-order valence-corrected chi connectivity index (χ4v) is 2.25. The molecule has 0 radical (unpaired) electrons. The molecule has 6 heteroatoms. The highest BCUT2D eigenvalue weighted by Gasteiger charge is 2.08. The molecule has 0 fully saturated rings. The van der Waals surface area contributed by atoms with Crippen molar-refractivity contribution >= 4 is 33.3 Å². The lowest BCUT2D eigenvalue weighted by molar-refractivity contribution is 0.181. The Bertz CT molecular complexity index is 622. The van der Waals surface area contributed by atoms with Crippen LogP contribution in [0.5, 0.6) is 0 Å². The molecule has 1 N–H and O–H groups in total. The Hall–Kier alpha value is -1.17. The van der Waals surface area contributed by atoms with Crippen molar-refractivity contribution in [1.82, 2.24) is 9.97 Å². The van der Waals surface area contributed by atoms with Crippen molar-refractivity contribution < 1.29 is 4.74 Å². The van der Waals surface area contributed by atoms with E-state index in [9.17, 15) is 0 Å². The van der Waals surface area contributed by atoms with Gasteiger partial charge in [-0.1, -0.05) is 18.5 Å². The predicted molar refractivity (Wildman–Crippen MR) is 89.7 cm³/mol. The fraction of sp³-hybridized carbons (Fsp3) is 0.333. The molecule has 2 aromatic rings. The first-order valence-corrected chi connectivity index (χ1v) is 7.87. The highest BCUT2D eigenvalue weighted by Crippen LogP contribution is 2.28. The first kappa shape index (κ1) is 16.2. The van der Waals surface area contributed by atoms with Crippen LogP contribution in [-0.4, -0.2) is 23.6 Å². The Morgan fingerprint density at radius 1 is 1.29 bits per heavy atom. The third kappa shape index (κ3) is 4.40. The molecular weight excluding hydrogens is 354 g/mol. The molecule has 1 aromatic heterocycles. The zero-order valence-corrected chi connectivity index (χ0v) is 14.3. The van der Waals surface area contributed by atoms with Gasteiger partial charge in [-0.3, -0.25) is 0 Å². The number of nitrogens with zero attached hydrogens (tertiary/aromatic N) is 2. The minimum absolute atomic E-state index is 0.445. The zero-order chi connectivity index (χ0) is 15.2. The summed E-state index contributed by atoms with van der Waals surface area (Å²) >= 11 is 9.53. The molecule has 1 heterocycles. The summed E-state index contributed by atoms with van der Waals surface area (Å²) < 4.78 is 6.02. The van der Waals surface area contributed by atoms with E-state index in [1.165, 1.54) is 0 Å². The van der Waals surface area contributed by atoms with Gasteiger partial charge in [0, 0.05) is 29.8 Å². The number of halogens is 2.